The van der Waals surface area contributed by atoms with E-state index in [9.17, 15) is 0 Å². The molecule has 0 saturated carbocycles. The van der Waals surface area contributed by atoms with Crippen molar-refractivity contribution in [2.24, 2.45) is 5.41 Å². The summed E-state index contributed by atoms with van der Waals surface area (Å²) in [4.78, 5) is 0. The van der Waals surface area contributed by atoms with Gasteiger partial charge < -0.3 is 5.32 Å². The van der Waals surface area contributed by atoms with Crippen molar-refractivity contribution in [2.45, 2.75) is 33.7 Å². The van der Waals surface area contributed by atoms with E-state index in [1.807, 2.05) is 30.3 Å². The third kappa shape index (κ3) is 2.67. The van der Waals surface area contributed by atoms with Gasteiger partial charge in [0.05, 0.1) is 5.69 Å². The fraction of sp³-hybridized carbons (Fsp3) is 0.462. The number of rotatable bonds is 3. The fourth-order valence-electron chi connectivity index (χ4n) is 1.43. The Kier molecular flexibility index (Phi) is 3.32. The Morgan fingerprint density at radius 2 is 1.83 bits per heavy atom. The van der Waals surface area contributed by atoms with Gasteiger partial charge in [0.2, 0.25) is 5.95 Å². The van der Waals surface area contributed by atoms with Crippen molar-refractivity contribution >= 4 is 5.95 Å². The van der Waals surface area contributed by atoms with Crippen molar-refractivity contribution in [1.82, 2.24) is 20.2 Å². The van der Waals surface area contributed by atoms with E-state index in [4.69, 9.17) is 0 Å². The minimum Gasteiger partial charge on any atom is -0.350 e. The van der Waals surface area contributed by atoms with E-state index in [0.29, 0.717) is 5.95 Å². The molecule has 0 bridgehead atoms. The first-order valence-corrected chi connectivity index (χ1v) is 6.09. The van der Waals surface area contributed by atoms with Gasteiger partial charge in [0.25, 0.3) is 0 Å². The molecule has 0 amide bonds. The summed E-state index contributed by atoms with van der Waals surface area (Å²) in [7, 11) is 0. The summed E-state index contributed by atoms with van der Waals surface area (Å²) >= 11 is 0. The summed E-state index contributed by atoms with van der Waals surface area (Å²) < 4.78 is 1.71. The number of anilines is 1. The van der Waals surface area contributed by atoms with Crippen LogP contribution in [-0.4, -0.2) is 26.2 Å². The fourth-order valence-corrected chi connectivity index (χ4v) is 1.43. The molecule has 5 heteroatoms. The van der Waals surface area contributed by atoms with Crippen LogP contribution in [0.15, 0.2) is 30.3 Å². The van der Waals surface area contributed by atoms with Crippen LogP contribution in [0.3, 0.4) is 0 Å². The summed E-state index contributed by atoms with van der Waals surface area (Å²) in [5.41, 5.74) is 1.10. The third-order valence-corrected chi connectivity index (χ3v) is 3.11. The highest BCUT2D eigenvalue weighted by Crippen LogP contribution is 2.22. The van der Waals surface area contributed by atoms with E-state index < -0.39 is 0 Å². The summed E-state index contributed by atoms with van der Waals surface area (Å²) in [5.74, 6) is 0.670. The zero-order valence-electron chi connectivity index (χ0n) is 11.3. The Morgan fingerprint density at radius 3 is 2.44 bits per heavy atom. The van der Waals surface area contributed by atoms with Gasteiger partial charge >= 0.3 is 0 Å². The number of aromatic nitrogens is 4. The number of nitrogens with zero attached hydrogens (tertiary/aromatic N) is 4. The average molecular weight is 245 g/mol. The summed E-state index contributed by atoms with van der Waals surface area (Å²) in [6, 6.07) is 10.1. The highest BCUT2D eigenvalue weighted by atomic mass is 15.6. The molecule has 18 heavy (non-hydrogen) atoms. The quantitative estimate of drug-likeness (QED) is 0.902. The SMILES string of the molecule is CC(Nc1nnnn1-c1ccccc1)C(C)(C)C. The van der Waals surface area contributed by atoms with Crippen LogP contribution in [0.25, 0.3) is 5.69 Å². The molecular formula is C13H19N5. The number of nitrogens with one attached hydrogen (secondary N) is 1. The Morgan fingerprint density at radius 1 is 1.17 bits per heavy atom. The predicted molar refractivity (Wildman–Crippen MR) is 71.7 cm³/mol. The second kappa shape index (κ2) is 4.76. The van der Waals surface area contributed by atoms with Crippen LogP contribution < -0.4 is 5.32 Å². The van der Waals surface area contributed by atoms with E-state index in [1.54, 1.807) is 4.68 Å². The number of para-hydroxylation sites is 1. The highest BCUT2D eigenvalue weighted by Gasteiger charge is 2.22. The molecule has 1 atom stereocenters. The van der Waals surface area contributed by atoms with Crippen molar-refractivity contribution in [2.75, 3.05) is 5.32 Å². The molecule has 0 fully saturated rings. The largest absolute Gasteiger partial charge is 0.350 e. The molecule has 1 aromatic carbocycles. The van der Waals surface area contributed by atoms with Crippen LogP contribution in [0.2, 0.25) is 0 Å². The molecule has 1 N–H and O–H groups in total. The second-order valence-corrected chi connectivity index (χ2v) is 5.48. The summed E-state index contributed by atoms with van der Waals surface area (Å²) in [6.07, 6.45) is 0. The first kappa shape index (κ1) is 12.5. The predicted octanol–water partition coefficient (Wildman–Crippen LogP) is 2.51. The Bertz CT molecular complexity index is 498. The molecule has 2 aromatic rings. The Hall–Kier alpha value is -1.91. The molecule has 1 aromatic heterocycles. The van der Waals surface area contributed by atoms with Crippen LogP contribution in [0.5, 0.6) is 0 Å². The minimum absolute atomic E-state index is 0.146. The molecule has 0 aliphatic rings. The molecule has 0 aliphatic heterocycles. The van der Waals surface area contributed by atoms with Gasteiger partial charge in [-0.05, 0) is 34.9 Å². The smallest absolute Gasteiger partial charge is 0.247 e. The van der Waals surface area contributed by atoms with Gasteiger partial charge in [-0.3, -0.25) is 0 Å². The number of benzene rings is 1. The van der Waals surface area contributed by atoms with Crippen LogP contribution in [0.4, 0.5) is 5.95 Å². The lowest BCUT2D eigenvalue weighted by atomic mass is 9.88. The molecule has 0 spiro atoms. The van der Waals surface area contributed by atoms with Gasteiger partial charge in [0.15, 0.2) is 0 Å². The van der Waals surface area contributed by atoms with E-state index in [0.717, 1.165) is 5.69 Å². The zero-order valence-corrected chi connectivity index (χ0v) is 11.3. The van der Waals surface area contributed by atoms with E-state index >= 15 is 0 Å². The van der Waals surface area contributed by atoms with Crippen LogP contribution in [0.1, 0.15) is 27.7 Å². The van der Waals surface area contributed by atoms with Crippen molar-refractivity contribution in [3.63, 3.8) is 0 Å². The van der Waals surface area contributed by atoms with Gasteiger partial charge in [-0.15, -0.1) is 0 Å². The van der Waals surface area contributed by atoms with Crippen LogP contribution in [0, 0.1) is 5.41 Å². The molecule has 5 nitrogen and oxygen atoms in total. The first-order valence-electron chi connectivity index (χ1n) is 6.09. The highest BCUT2D eigenvalue weighted by molar-refractivity contribution is 5.38. The number of tetrazole rings is 1. The van der Waals surface area contributed by atoms with Gasteiger partial charge in [-0.1, -0.05) is 44.1 Å². The second-order valence-electron chi connectivity index (χ2n) is 5.48. The van der Waals surface area contributed by atoms with Crippen molar-refractivity contribution < 1.29 is 0 Å². The maximum Gasteiger partial charge on any atom is 0.247 e. The zero-order chi connectivity index (χ0) is 13.2. The van der Waals surface area contributed by atoms with Gasteiger partial charge in [0.1, 0.15) is 0 Å². The van der Waals surface area contributed by atoms with Gasteiger partial charge in [-0.25, -0.2) is 0 Å². The van der Waals surface area contributed by atoms with E-state index in [1.165, 1.54) is 0 Å². The molecule has 1 heterocycles. The number of hydrogen-bond acceptors (Lipinski definition) is 4. The van der Waals surface area contributed by atoms with Crippen molar-refractivity contribution in [1.29, 1.82) is 0 Å². The third-order valence-electron chi connectivity index (χ3n) is 3.11. The normalized spacial score (nSPS) is 13.3. The monoisotopic (exact) mass is 245 g/mol. The molecule has 0 radical (unpaired) electrons. The molecule has 1 unspecified atom stereocenters. The van der Waals surface area contributed by atoms with Gasteiger partial charge in [0, 0.05) is 6.04 Å². The van der Waals surface area contributed by atoms with Crippen molar-refractivity contribution in [3.05, 3.63) is 30.3 Å². The van der Waals surface area contributed by atoms with E-state index in [-0.39, 0.29) is 11.5 Å². The first-order chi connectivity index (χ1) is 8.48. The van der Waals surface area contributed by atoms with Crippen molar-refractivity contribution in [3.8, 4) is 5.69 Å². The molecule has 0 aliphatic carbocycles. The molecule has 96 valence electrons. The lowest BCUT2D eigenvalue weighted by molar-refractivity contribution is 0.357. The maximum atomic E-state index is 4.04. The Balaban J connectivity index is 2.24. The minimum atomic E-state index is 0.146. The molecule has 2 rings (SSSR count). The Labute approximate surface area is 107 Å². The summed E-state index contributed by atoms with van der Waals surface area (Å²) in [5, 5.41) is 15.1. The standard InChI is InChI=1S/C13H19N5/c1-10(13(2,3)4)14-12-15-16-17-18(12)11-8-6-5-7-9-11/h5-10H,1-4H3,(H,14,15,17). The van der Waals surface area contributed by atoms with Crippen LogP contribution in [-0.2, 0) is 0 Å². The van der Waals surface area contributed by atoms with E-state index in [2.05, 4.69) is 48.5 Å². The molecule has 0 saturated heterocycles. The van der Waals surface area contributed by atoms with Gasteiger partial charge in [-0.2, -0.15) is 4.68 Å². The van der Waals surface area contributed by atoms with Crippen LogP contribution >= 0.6 is 0 Å². The average Bonchev–Trinajstić information content (AvgIpc) is 2.77. The lowest BCUT2D eigenvalue weighted by Crippen LogP contribution is -2.32. The maximum absolute atomic E-state index is 4.04. The lowest BCUT2D eigenvalue weighted by Gasteiger charge is -2.28. The summed E-state index contributed by atoms with van der Waals surface area (Å²) in [6.45, 7) is 8.67. The molecular weight excluding hydrogens is 226 g/mol. The number of hydrogen-bond donors (Lipinski definition) is 1. The topological polar surface area (TPSA) is 55.6 Å².